The van der Waals surface area contributed by atoms with Crippen LogP contribution in [-0.2, 0) is 0 Å². The fourth-order valence-electron chi connectivity index (χ4n) is 1.30. The summed E-state index contributed by atoms with van der Waals surface area (Å²) < 4.78 is 0. The van der Waals surface area contributed by atoms with Crippen molar-refractivity contribution < 1.29 is 0 Å². The lowest BCUT2D eigenvalue weighted by atomic mass is 10.0. The normalized spacial score (nSPS) is 13.8. The zero-order valence-corrected chi connectivity index (χ0v) is 8.84. The van der Waals surface area contributed by atoms with Crippen molar-refractivity contribution in [1.29, 1.82) is 0 Å². The van der Waals surface area contributed by atoms with E-state index >= 15 is 0 Å². The van der Waals surface area contributed by atoms with Crippen LogP contribution in [0.4, 0.5) is 0 Å². The molecular weight excluding hydrogens is 148 g/mol. The highest BCUT2D eigenvalue weighted by atomic mass is 15.1. The monoisotopic (exact) mass is 172 g/mol. The Morgan fingerprint density at radius 1 is 1.33 bits per heavy atom. The molecule has 0 aromatic carbocycles. The Balaban J connectivity index is 3.18. The molecule has 0 saturated heterocycles. The van der Waals surface area contributed by atoms with Crippen molar-refractivity contribution in [2.24, 2.45) is 11.7 Å². The van der Waals surface area contributed by atoms with E-state index in [2.05, 4.69) is 25.8 Å². The highest BCUT2D eigenvalue weighted by Gasteiger charge is 2.01. The number of nitrogens with two attached hydrogens (primary N) is 1. The number of hydrogen-bond donors (Lipinski definition) is 1. The summed E-state index contributed by atoms with van der Waals surface area (Å²) in [7, 11) is 2.17. The molecule has 0 fully saturated rings. The minimum Gasteiger partial charge on any atom is -0.330 e. The second-order valence-corrected chi connectivity index (χ2v) is 3.72. The van der Waals surface area contributed by atoms with E-state index in [0.717, 1.165) is 19.0 Å². The first kappa shape index (κ1) is 11.9. The Hall–Kier alpha value is -0.0800. The molecule has 0 bridgehead atoms. The molecule has 12 heavy (non-hydrogen) atoms. The summed E-state index contributed by atoms with van der Waals surface area (Å²) in [6.45, 7) is 7.71. The minimum absolute atomic E-state index is 0.806. The predicted octanol–water partition coefficient (Wildman–Crippen LogP) is 1.70. The van der Waals surface area contributed by atoms with Crippen LogP contribution in [0.25, 0.3) is 0 Å². The van der Waals surface area contributed by atoms with Crippen LogP contribution in [0.5, 0.6) is 0 Å². The maximum Gasteiger partial charge on any atom is -0.00218 e. The number of hydrogen-bond acceptors (Lipinski definition) is 2. The van der Waals surface area contributed by atoms with Gasteiger partial charge in [0.05, 0.1) is 0 Å². The van der Waals surface area contributed by atoms with Crippen molar-refractivity contribution in [3.8, 4) is 0 Å². The molecule has 1 atom stereocenters. The lowest BCUT2D eigenvalue weighted by molar-refractivity contribution is 0.327. The quantitative estimate of drug-likeness (QED) is 0.633. The second kappa shape index (κ2) is 7.56. The highest BCUT2D eigenvalue weighted by Crippen LogP contribution is 2.08. The van der Waals surface area contributed by atoms with Gasteiger partial charge in [-0.1, -0.05) is 13.8 Å². The van der Waals surface area contributed by atoms with Crippen LogP contribution in [0.1, 0.15) is 33.1 Å². The average Bonchev–Trinajstić information content (AvgIpc) is 2.04. The van der Waals surface area contributed by atoms with Crippen molar-refractivity contribution in [2.75, 3.05) is 26.7 Å². The third-order valence-corrected chi connectivity index (χ3v) is 2.44. The van der Waals surface area contributed by atoms with Crippen LogP contribution >= 0.6 is 0 Å². The zero-order chi connectivity index (χ0) is 9.40. The molecule has 0 aliphatic heterocycles. The van der Waals surface area contributed by atoms with Crippen molar-refractivity contribution in [2.45, 2.75) is 33.1 Å². The fraction of sp³-hybridized carbons (Fsp3) is 1.00. The smallest absolute Gasteiger partial charge is 0.00218 e. The van der Waals surface area contributed by atoms with E-state index in [9.17, 15) is 0 Å². The Labute approximate surface area is 77.1 Å². The van der Waals surface area contributed by atoms with E-state index in [0.29, 0.717) is 0 Å². The molecule has 0 saturated carbocycles. The molecule has 2 heteroatoms. The predicted molar refractivity (Wildman–Crippen MR) is 55.2 cm³/mol. The fourth-order valence-corrected chi connectivity index (χ4v) is 1.30. The van der Waals surface area contributed by atoms with Crippen molar-refractivity contribution >= 4 is 0 Å². The highest BCUT2D eigenvalue weighted by molar-refractivity contribution is 4.56. The Kier molecular flexibility index (Phi) is 7.51. The van der Waals surface area contributed by atoms with E-state index in [1.165, 1.54) is 25.8 Å². The van der Waals surface area contributed by atoms with Gasteiger partial charge in [-0.2, -0.15) is 0 Å². The lowest BCUT2D eigenvalue weighted by Crippen LogP contribution is -2.19. The van der Waals surface area contributed by atoms with Crippen LogP contribution < -0.4 is 5.73 Å². The first-order valence-electron chi connectivity index (χ1n) is 5.09. The first-order chi connectivity index (χ1) is 5.70. The Morgan fingerprint density at radius 3 is 2.50 bits per heavy atom. The molecule has 0 amide bonds. The van der Waals surface area contributed by atoms with Crippen molar-refractivity contribution in [3.63, 3.8) is 0 Å². The Morgan fingerprint density at radius 2 is 2.00 bits per heavy atom. The van der Waals surface area contributed by atoms with Crippen LogP contribution in [0.2, 0.25) is 0 Å². The largest absolute Gasteiger partial charge is 0.330 e. The summed E-state index contributed by atoms with van der Waals surface area (Å²) in [5, 5.41) is 0. The molecule has 0 unspecified atom stereocenters. The van der Waals surface area contributed by atoms with E-state index < -0.39 is 0 Å². The second-order valence-electron chi connectivity index (χ2n) is 3.72. The molecule has 0 radical (unpaired) electrons. The maximum absolute atomic E-state index is 5.48. The van der Waals surface area contributed by atoms with Gasteiger partial charge in [-0.15, -0.1) is 0 Å². The summed E-state index contributed by atoms with van der Waals surface area (Å²) >= 11 is 0. The van der Waals surface area contributed by atoms with Crippen molar-refractivity contribution in [1.82, 2.24) is 4.90 Å². The van der Waals surface area contributed by atoms with Gasteiger partial charge in [-0.3, -0.25) is 0 Å². The van der Waals surface area contributed by atoms with E-state index in [4.69, 9.17) is 5.73 Å². The summed E-state index contributed by atoms with van der Waals surface area (Å²) in [6, 6.07) is 0. The first-order valence-corrected chi connectivity index (χ1v) is 5.09. The lowest BCUT2D eigenvalue weighted by Gasteiger charge is -2.15. The van der Waals surface area contributed by atoms with Gasteiger partial charge >= 0.3 is 0 Å². The van der Waals surface area contributed by atoms with Gasteiger partial charge in [0.15, 0.2) is 0 Å². The standard InChI is InChI=1S/C10H24N2/c1-4-12(3)9-5-6-10(2)7-8-11/h10H,4-9,11H2,1-3H3/t10-/m1/s1. The third kappa shape index (κ3) is 6.62. The van der Waals surface area contributed by atoms with Crippen LogP contribution in [-0.4, -0.2) is 31.6 Å². The topological polar surface area (TPSA) is 29.3 Å². The van der Waals surface area contributed by atoms with E-state index in [1.54, 1.807) is 0 Å². The summed E-state index contributed by atoms with van der Waals surface area (Å²) in [5.41, 5.74) is 5.48. The molecule has 2 N–H and O–H groups in total. The zero-order valence-electron chi connectivity index (χ0n) is 8.84. The maximum atomic E-state index is 5.48. The summed E-state index contributed by atoms with van der Waals surface area (Å²) in [4.78, 5) is 2.36. The molecular formula is C10H24N2. The molecule has 0 spiro atoms. The summed E-state index contributed by atoms with van der Waals surface area (Å²) in [6.07, 6.45) is 3.81. The SMILES string of the molecule is CCN(C)CCC[C@@H](C)CCN. The van der Waals surface area contributed by atoms with Crippen LogP contribution in [0.3, 0.4) is 0 Å². The molecule has 74 valence electrons. The van der Waals surface area contributed by atoms with E-state index in [1.807, 2.05) is 0 Å². The van der Waals surface area contributed by atoms with Gasteiger partial charge in [0.1, 0.15) is 0 Å². The van der Waals surface area contributed by atoms with Crippen molar-refractivity contribution in [3.05, 3.63) is 0 Å². The van der Waals surface area contributed by atoms with Gasteiger partial charge in [-0.25, -0.2) is 0 Å². The van der Waals surface area contributed by atoms with E-state index in [-0.39, 0.29) is 0 Å². The van der Waals surface area contributed by atoms with Crippen LogP contribution in [0, 0.1) is 5.92 Å². The van der Waals surface area contributed by atoms with Gasteiger partial charge < -0.3 is 10.6 Å². The molecule has 0 aliphatic rings. The van der Waals surface area contributed by atoms with Gasteiger partial charge in [0, 0.05) is 0 Å². The molecule has 0 aromatic heterocycles. The molecule has 0 aromatic rings. The van der Waals surface area contributed by atoms with Gasteiger partial charge in [0.2, 0.25) is 0 Å². The molecule has 0 aliphatic carbocycles. The third-order valence-electron chi connectivity index (χ3n) is 2.44. The van der Waals surface area contributed by atoms with Crippen LogP contribution in [0.15, 0.2) is 0 Å². The molecule has 2 nitrogen and oxygen atoms in total. The van der Waals surface area contributed by atoms with Gasteiger partial charge in [-0.05, 0) is 51.9 Å². The molecule has 0 heterocycles. The minimum atomic E-state index is 0.806. The number of nitrogens with zero attached hydrogens (tertiary/aromatic N) is 1. The summed E-state index contributed by atoms with van der Waals surface area (Å²) in [5.74, 6) is 0.806. The van der Waals surface area contributed by atoms with Gasteiger partial charge in [0.25, 0.3) is 0 Å². The Bertz CT molecular complexity index is 93.8. The average molecular weight is 172 g/mol. The molecule has 0 rings (SSSR count). The number of rotatable bonds is 7.